The molecular formula is C23H31N3O6S. The minimum Gasteiger partial charge on any atom is -0.497 e. The van der Waals surface area contributed by atoms with E-state index in [4.69, 9.17) is 9.47 Å². The normalized spacial score (nSPS) is 11.9. The van der Waals surface area contributed by atoms with Gasteiger partial charge >= 0.3 is 0 Å². The van der Waals surface area contributed by atoms with E-state index in [9.17, 15) is 18.0 Å². The van der Waals surface area contributed by atoms with Crippen LogP contribution < -0.4 is 19.1 Å². The first kappa shape index (κ1) is 26.0. The lowest BCUT2D eigenvalue weighted by molar-refractivity contribution is -0.140. The van der Waals surface area contributed by atoms with Gasteiger partial charge in [-0.25, -0.2) is 8.42 Å². The number of amides is 2. The second-order valence-corrected chi connectivity index (χ2v) is 9.26. The second-order valence-electron chi connectivity index (χ2n) is 7.35. The molecule has 33 heavy (non-hydrogen) atoms. The van der Waals surface area contributed by atoms with Crippen molar-refractivity contribution in [2.75, 3.05) is 38.4 Å². The van der Waals surface area contributed by atoms with E-state index >= 15 is 0 Å². The zero-order chi connectivity index (χ0) is 24.6. The van der Waals surface area contributed by atoms with Crippen LogP contribution in [0.1, 0.15) is 18.9 Å². The average Bonchev–Trinajstić information content (AvgIpc) is 2.81. The number of anilines is 1. The average molecular weight is 478 g/mol. The van der Waals surface area contributed by atoms with Gasteiger partial charge in [0.25, 0.3) is 0 Å². The van der Waals surface area contributed by atoms with Crippen LogP contribution in [-0.4, -0.2) is 65.2 Å². The van der Waals surface area contributed by atoms with Crippen molar-refractivity contribution >= 4 is 27.5 Å². The van der Waals surface area contributed by atoms with Gasteiger partial charge in [-0.05, 0) is 36.2 Å². The number of carbonyl (C=O) groups excluding carboxylic acids is 2. The molecule has 0 radical (unpaired) electrons. The summed E-state index contributed by atoms with van der Waals surface area (Å²) in [5, 5.41) is 2.58. The van der Waals surface area contributed by atoms with Crippen molar-refractivity contribution in [2.24, 2.45) is 0 Å². The number of nitrogens with one attached hydrogen (secondary N) is 1. The Balaban J connectivity index is 2.47. The molecule has 0 saturated carbocycles. The second kappa shape index (κ2) is 11.6. The highest BCUT2D eigenvalue weighted by atomic mass is 32.2. The summed E-state index contributed by atoms with van der Waals surface area (Å²) in [6.07, 6.45) is 1.37. The van der Waals surface area contributed by atoms with Crippen LogP contribution in [0.2, 0.25) is 0 Å². The molecule has 0 aromatic heterocycles. The van der Waals surface area contributed by atoms with E-state index in [2.05, 4.69) is 5.32 Å². The predicted molar refractivity (Wildman–Crippen MR) is 127 cm³/mol. The maximum atomic E-state index is 13.5. The third-order valence-electron chi connectivity index (χ3n) is 5.15. The minimum atomic E-state index is -3.84. The van der Waals surface area contributed by atoms with E-state index in [1.807, 2.05) is 6.07 Å². The number of hydrogen-bond donors (Lipinski definition) is 1. The first-order valence-electron chi connectivity index (χ1n) is 10.4. The number of hydrogen-bond acceptors (Lipinski definition) is 6. The monoisotopic (exact) mass is 477 g/mol. The van der Waals surface area contributed by atoms with Gasteiger partial charge in [0.15, 0.2) is 0 Å². The fourth-order valence-corrected chi connectivity index (χ4v) is 4.34. The first-order valence-corrected chi connectivity index (χ1v) is 12.3. The SMILES string of the molecule is CCC(C(=O)NC)N(Cc1cccc(OC)c1)C(=O)CN(c1ccccc1OC)S(C)(=O)=O. The Bertz CT molecular complexity index is 1070. The third kappa shape index (κ3) is 6.61. The number of rotatable bonds is 11. The largest absolute Gasteiger partial charge is 0.497 e. The van der Waals surface area contributed by atoms with Crippen LogP contribution in [0.5, 0.6) is 11.5 Å². The van der Waals surface area contributed by atoms with Gasteiger partial charge in [-0.1, -0.05) is 31.2 Å². The summed E-state index contributed by atoms with van der Waals surface area (Å²) in [6.45, 7) is 1.41. The third-order valence-corrected chi connectivity index (χ3v) is 6.28. The van der Waals surface area contributed by atoms with Crippen LogP contribution >= 0.6 is 0 Å². The maximum absolute atomic E-state index is 13.5. The van der Waals surface area contributed by atoms with Gasteiger partial charge in [0.2, 0.25) is 21.8 Å². The van der Waals surface area contributed by atoms with Crippen molar-refractivity contribution in [3.63, 3.8) is 0 Å². The molecule has 1 N–H and O–H groups in total. The van der Waals surface area contributed by atoms with Gasteiger partial charge in [0, 0.05) is 13.6 Å². The summed E-state index contributed by atoms with van der Waals surface area (Å²) in [5.74, 6) is 0.0645. The number of sulfonamides is 1. The highest BCUT2D eigenvalue weighted by molar-refractivity contribution is 7.92. The Morgan fingerprint density at radius 1 is 1.06 bits per heavy atom. The molecule has 0 aliphatic rings. The van der Waals surface area contributed by atoms with Crippen molar-refractivity contribution in [3.05, 3.63) is 54.1 Å². The number of benzene rings is 2. The fourth-order valence-electron chi connectivity index (χ4n) is 3.48. The summed E-state index contributed by atoms with van der Waals surface area (Å²) < 4.78 is 36.8. The summed E-state index contributed by atoms with van der Waals surface area (Å²) >= 11 is 0. The van der Waals surface area contributed by atoms with Crippen LogP contribution in [0.25, 0.3) is 0 Å². The zero-order valence-electron chi connectivity index (χ0n) is 19.6. The van der Waals surface area contributed by atoms with E-state index < -0.39 is 28.5 Å². The van der Waals surface area contributed by atoms with Gasteiger partial charge in [0.1, 0.15) is 24.1 Å². The molecule has 0 fully saturated rings. The van der Waals surface area contributed by atoms with Gasteiger partial charge in [-0.15, -0.1) is 0 Å². The molecule has 2 aromatic carbocycles. The van der Waals surface area contributed by atoms with Gasteiger partial charge in [0.05, 0.1) is 26.2 Å². The van der Waals surface area contributed by atoms with E-state index in [0.29, 0.717) is 17.9 Å². The standard InChI is InChI=1S/C23H31N3O6S/c1-6-19(23(28)24-2)25(15-17-10-9-11-18(14-17)31-3)22(27)16-26(33(5,29)30)20-12-7-8-13-21(20)32-4/h7-14,19H,6,15-16H2,1-5H3,(H,24,28). The molecule has 0 saturated heterocycles. The number of carbonyl (C=O) groups is 2. The summed E-state index contributed by atoms with van der Waals surface area (Å²) in [4.78, 5) is 27.5. The van der Waals surface area contributed by atoms with E-state index in [0.717, 1.165) is 16.1 Å². The number of likely N-dealkylation sites (N-methyl/N-ethyl adjacent to an activating group) is 1. The summed E-state index contributed by atoms with van der Waals surface area (Å²) in [6, 6.07) is 12.9. The number of para-hydroxylation sites is 2. The molecule has 0 heterocycles. The van der Waals surface area contributed by atoms with Gasteiger partial charge < -0.3 is 19.7 Å². The van der Waals surface area contributed by atoms with Gasteiger partial charge in [-0.3, -0.25) is 13.9 Å². The van der Waals surface area contributed by atoms with Crippen molar-refractivity contribution in [2.45, 2.75) is 25.9 Å². The van der Waals surface area contributed by atoms with Crippen LogP contribution in [0.3, 0.4) is 0 Å². The molecule has 1 atom stereocenters. The Labute approximate surface area is 195 Å². The molecule has 2 amide bonds. The highest BCUT2D eigenvalue weighted by Gasteiger charge is 2.32. The van der Waals surface area contributed by atoms with Crippen molar-refractivity contribution < 1.29 is 27.5 Å². The summed E-state index contributed by atoms with van der Waals surface area (Å²) in [5.41, 5.74) is 0.985. The van der Waals surface area contributed by atoms with Crippen LogP contribution in [0, 0.1) is 0 Å². The molecule has 10 heteroatoms. The van der Waals surface area contributed by atoms with Crippen LogP contribution in [0.4, 0.5) is 5.69 Å². The Morgan fingerprint density at radius 2 is 1.76 bits per heavy atom. The molecule has 2 aromatic rings. The maximum Gasteiger partial charge on any atom is 0.244 e. The molecule has 9 nitrogen and oxygen atoms in total. The van der Waals surface area contributed by atoms with Crippen molar-refractivity contribution in [1.29, 1.82) is 0 Å². The van der Waals surface area contributed by atoms with Gasteiger partial charge in [-0.2, -0.15) is 0 Å². The lowest BCUT2D eigenvalue weighted by Gasteiger charge is -2.32. The van der Waals surface area contributed by atoms with E-state index in [1.165, 1.54) is 19.1 Å². The molecule has 0 bridgehead atoms. The van der Waals surface area contributed by atoms with E-state index in [-0.39, 0.29) is 18.1 Å². The summed E-state index contributed by atoms with van der Waals surface area (Å²) in [7, 11) is 0.627. The number of methoxy groups -OCH3 is 2. The molecular weight excluding hydrogens is 446 g/mol. The molecule has 1 unspecified atom stereocenters. The quantitative estimate of drug-likeness (QED) is 0.531. The smallest absolute Gasteiger partial charge is 0.244 e. The Morgan fingerprint density at radius 3 is 2.33 bits per heavy atom. The molecule has 0 aliphatic carbocycles. The minimum absolute atomic E-state index is 0.103. The molecule has 2 rings (SSSR count). The lowest BCUT2D eigenvalue weighted by Crippen LogP contribution is -2.51. The number of ether oxygens (including phenoxy) is 2. The fraction of sp³-hybridized carbons (Fsp3) is 0.391. The van der Waals surface area contributed by atoms with Crippen molar-refractivity contribution in [1.82, 2.24) is 10.2 Å². The van der Waals surface area contributed by atoms with E-state index in [1.54, 1.807) is 56.5 Å². The highest BCUT2D eigenvalue weighted by Crippen LogP contribution is 2.29. The zero-order valence-corrected chi connectivity index (χ0v) is 20.4. The van der Waals surface area contributed by atoms with Crippen LogP contribution in [-0.2, 0) is 26.2 Å². The molecule has 0 spiro atoms. The Hall–Kier alpha value is -3.27. The first-order chi connectivity index (χ1) is 15.7. The van der Waals surface area contributed by atoms with Crippen LogP contribution in [0.15, 0.2) is 48.5 Å². The van der Waals surface area contributed by atoms with Crippen molar-refractivity contribution in [3.8, 4) is 11.5 Å². The Kier molecular flexibility index (Phi) is 9.10. The topological polar surface area (TPSA) is 105 Å². The molecule has 0 aliphatic heterocycles. The molecule has 180 valence electrons. The lowest BCUT2D eigenvalue weighted by atomic mass is 10.1. The predicted octanol–water partition coefficient (Wildman–Crippen LogP) is 2.02. The number of nitrogens with zero attached hydrogens (tertiary/aromatic N) is 2.